The van der Waals surface area contributed by atoms with E-state index < -0.39 is 0 Å². The van der Waals surface area contributed by atoms with Crippen LogP contribution in [0.1, 0.15) is 31.4 Å². The van der Waals surface area contributed by atoms with Gasteiger partial charge in [-0.2, -0.15) is 11.8 Å². The Kier molecular flexibility index (Phi) is 4.71. The van der Waals surface area contributed by atoms with Crippen LogP contribution < -0.4 is 5.32 Å². The number of thioether (sulfide) groups is 1. The van der Waals surface area contributed by atoms with E-state index in [9.17, 15) is 0 Å². The Bertz CT molecular complexity index is 392. The van der Waals surface area contributed by atoms with E-state index in [2.05, 4.69) is 31.3 Å². The molecule has 1 unspecified atom stereocenters. The summed E-state index contributed by atoms with van der Waals surface area (Å²) in [5, 5.41) is 12.8. The number of rotatable bonds is 4. The number of aliphatic hydroxyl groups is 1. The molecule has 1 aromatic rings. The minimum atomic E-state index is 0.124. The van der Waals surface area contributed by atoms with Crippen LogP contribution in [0.5, 0.6) is 0 Å². The highest BCUT2D eigenvalue weighted by Gasteiger charge is 2.31. The minimum Gasteiger partial charge on any atom is -0.392 e. The largest absolute Gasteiger partial charge is 0.392 e. The average Bonchev–Trinajstić information content (AvgIpc) is 2.37. The van der Waals surface area contributed by atoms with Crippen LogP contribution in [0.3, 0.4) is 0 Å². The van der Waals surface area contributed by atoms with E-state index in [-0.39, 0.29) is 6.61 Å². The summed E-state index contributed by atoms with van der Waals surface area (Å²) >= 11 is 2.05. The fraction of sp³-hybridized carbons (Fsp3) is 0.600. The number of hydrogen-bond acceptors (Lipinski definition) is 3. The summed E-state index contributed by atoms with van der Waals surface area (Å²) in [7, 11) is 0. The Balaban J connectivity index is 1.94. The molecule has 1 aromatic carbocycles. The highest BCUT2D eigenvalue weighted by molar-refractivity contribution is 7.99. The molecule has 0 saturated carbocycles. The predicted octanol–water partition coefficient (Wildman–Crippen LogP) is 2.80. The molecule has 2 nitrogen and oxygen atoms in total. The predicted molar refractivity (Wildman–Crippen MR) is 78.7 cm³/mol. The molecule has 0 spiro atoms. The van der Waals surface area contributed by atoms with Gasteiger partial charge in [-0.05, 0) is 28.7 Å². The van der Waals surface area contributed by atoms with Crippen LogP contribution in [0, 0.1) is 5.41 Å². The lowest BCUT2D eigenvalue weighted by Crippen LogP contribution is -2.46. The van der Waals surface area contributed by atoms with Crippen molar-refractivity contribution in [3.63, 3.8) is 0 Å². The zero-order valence-corrected chi connectivity index (χ0v) is 12.1. The zero-order chi connectivity index (χ0) is 13.0. The first-order valence-electron chi connectivity index (χ1n) is 6.61. The maximum absolute atomic E-state index is 9.14. The fourth-order valence-electron chi connectivity index (χ4n) is 2.35. The van der Waals surface area contributed by atoms with Crippen LogP contribution in [0.2, 0.25) is 0 Å². The Morgan fingerprint density at radius 2 is 2.17 bits per heavy atom. The molecule has 1 saturated heterocycles. The molecule has 0 radical (unpaired) electrons. The van der Waals surface area contributed by atoms with Gasteiger partial charge < -0.3 is 10.4 Å². The molecule has 100 valence electrons. The molecule has 0 aromatic heterocycles. The maximum Gasteiger partial charge on any atom is 0.0681 e. The number of aliphatic hydroxyl groups excluding tert-OH is 1. The second kappa shape index (κ2) is 6.09. The van der Waals surface area contributed by atoms with Crippen molar-refractivity contribution < 1.29 is 5.11 Å². The standard InChI is InChI=1S/C15H23NOS/c1-15(2)6-7-18-11-14(15)16-9-12-4-3-5-13(8-12)10-17/h3-5,8,14,16-17H,6-7,9-11H2,1-2H3. The third kappa shape index (κ3) is 3.50. The Morgan fingerprint density at radius 1 is 1.39 bits per heavy atom. The van der Waals surface area contributed by atoms with Gasteiger partial charge in [-0.25, -0.2) is 0 Å². The second-order valence-electron chi connectivity index (χ2n) is 5.73. The van der Waals surface area contributed by atoms with Gasteiger partial charge in [-0.15, -0.1) is 0 Å². The quantitative estimate of drug-likeness (QED) is 0.878. The number of nitrogens with one attached hydrogen (secondary N) is 1. The summed E-state index contributed by atoms with van der Waals surface area (Å²) in [5.41, 5.74) is 2.64. The number of benzene rings is 1. The highest BCUT2D eigenvalue weighted by Crippen LogP contribution is 2.34. The van der Waals surface area contributed by atoms with E-state index in [1.54, 1.807) is 0 Å². The molecule has 0 bridgehead atoms. The molecule has 1 aliphatic rings. The summed E-state index contributed by atoms with van der Waals surface area (Å²) in [6.45, 7) is 5.73. The van der Waals surface area contributed by atoms with Gasteiger partial charge >= 0.3 is 0 Å². The molecule has 18 heavy (non-hydrogen) atoms. The molecule has 0 amide bonds. The summed E-state index contributed by atoms with van der Waals surface area (Å²) in [6.07, 6.45) is 1.28. The van der Waals surface area contributed by atoms with Crippen LogP contribution in [0.15, 0.2) is 24.3 Å². The van der Waals surface area contributed by atoms with Crippen molar-refractivity contribution in [3.05, 3.63) is 35.4 Å². The SMILES string of the molecule is CC1(C)CCSCC1NCc1cccc(CO)c1. The smallest absolute Gasteiger partial charge is 0.0681 e. The maximum atomic E-state index is 9.14. The van der Waals surface area contributed by atoms with Gasteiger partial charge in [0.05, 0.1) is 6.61 Å². The van der Waals surface area contributed by atoms with Gasteiger partial charge in [0.1, 0.15) is 0 Å². The summed E-state index contributed by atoms with van der Waals surface area (Å²) in [5.74, 6) is 2.48. The third-order valence-electron chi connectivity index (χ3n) is 3.85. The molecule has 2 rings (SSSR count). The molecule has 2 N–H and O–H groups in total. The van der Waals surface area contributed by atoms with E-state index in [1.807, 2.05) is 23.9 Å². The van der Waals surface area contributed by atoms with Crippen molar-refractivity contribution in [2.24, 2.45) is 5.41 Å². The van der Waals surface area contributed by atoms with Gasteiger partial charge in [0.2, 0.25) is 0 Å². The first-order chi connectivity index (χ1) is 8.62. The van der Waals surface area contributed by atoms with Crippen LogP contribution in [0.25, 0.3) is 0 Å². The molecule has 1 fully saturated rings. The van der Waals surface area contributed by atoms with Crippen molar-refractivity contribution in [2.45, 2.75) is 39.5 Å². The van der Waals surface area contributed by atoms with E-state index in [0.29, 0.717) is 11.5 Å². The molecule has 1 atom stereocenters. The van der Waals surface area contributed by atoms with Crippen molar-refractivity contribution in [3.8, 4) is 0 Å². The molecule has 1 aliphatic heterocycles. The van der Waals surface area contributed by atoms with E-state index >= 15 is 0 Å². The topological polar surface area (TPSA) is 32.3 Å². The minimum absolute atomic E-state index is 0.124. The first-order valence-corrected chi connectivity index (χ1v) is 7.77. The Labute approximate surface area is 114 Å². The van der Waals surface area contributed by atoms with Crippen molar-refractivity contribution in [1.82, 2.24) is 5.32 Å². The zero-order valence-electron chi connectivity index (χ0n) is 11.3. The van der Waals surface area contributed by atoms with Crippen LogP contribution in [-0.2, 0) is 13.2 Å². The van der Waals surface area contributed by atoms with Crippen LogP contribution in [0.4, 0.5) is 0 Å². The Morgan fingerprint density at radius 3 is 2.89 bits per heavy atom. The normalized spacial score (nSPS) is 22.9. The molecule has 0 aliphatic carbocycles. The van der Waals surface area contributed by atoms with Gasteiger partial charge in [-0.1, -0.05) is 38.1 Å². The van der Waals surface area contributed by atoms with E-state index in [4.69, 9.17) is 5.11 Å². The number of hydrogen-bond donors (Lipinski definition) is 2. The van der Waals surface area contributed by atoms with Crippen LogP contribution in [-0.4, -0.2) is 22.7 Å². The molecule has 1 heterocycles. The van der Waals surface area contributed by atoms with E-state index in [0.717, 1.165) is 12.1 Å². The average molecular weight is 265 g/mol. The van der Waals surface area contributed by atoms with E-state index in [1.165, 1.54) is 23.5 Å². The lowest BCUT2D eigenvalue weighted by Gasteiger charge is -2.39. The summed E-state index contributed by atoms with van der Waals surface area (Å²) in [6, 6.07) is 8.76. The third-order valence-corrected chi connectivity index (χ3v) is 4.91. The van der Waals surface area contributed by atoms with Gasteiger partial charge in [-0.3, -0.25) is 0 Å². The van der Waals surface area contributed by atoms with Crippen molar-refractivity contribution in [1.29, 1.82) is 0 Å². The van der Waals surface area contributed by atoms with Crippen molar-refractivity contribution in [2.75, 3.05) is 11.5 Å². The fourth-order valence-corrected chi connectivity index (χ4v) is 3.99. The summed E-state index contributed by atoms with van der Waals surface area (Å²) in [4.78, 5) is 0. The molecular formula is C15H23NOS. The summed E-state index contributed by atoms with van der Waals surface area (Å²) < 4.78 is 0. The lowest BCUT2D eigenvalue weighted by atomic mass is 9.82. The highest BCUT2D eigenvalue weighted by atomic mass is 32.2. The van der Waals surface area contributed by atoms with Crippen molar-refractivity contribution >= 4 is 11.8 Å². The Hall–Kier alpha value is -0.510. The van der Waals surface area contributed by atoms with Crippen LogP contribution >= 0.6 is 11.8 Å². The molecule has 3 heteroatoms. The first kappa shape index (κ1) is 13.9. The van der Waals surface area contributed by atoms with Gasteiger partial charge in [0.15, 0.2) is 0 Å². The second-order valence-corrected chi connectivity index (χ2v) is 6.87. The van der Waals surface area contributed by atoms with Gasteiger partial charge in [0, 0.05) is 18.3 Å². The van der Waals surface area contributed by atoms with Gasteiger partial charge in [0.25, 0.3) is 0 Å². The molecular weight excluding hydrogens is 242 g/mol. The monoisotopic (exact) mass is 265 g/mol. The lowest BCUT2D eigenvalue weighted by molar-refractivity contribution is 0.244.